The summed E-state index contributed by atoms with van der Waals surface area (Å²) in [6.07, 6.45) is -8.70. The molecule has 0 aromatic heterocycles. The van der Waals surface area contributed by atoms with Crippen LogP contribution in [0.3, 0.4) is 0 Å². The van der Waals surface area contributed by atoms with E-state index in [1.165, 1.54) is 7.11 Å². The zero-order valence-corrected chi connectivity index (χ0v) is 33.4. The van der Waals surface area contributed by atoms with Gasteiger partial charge in [0, 0.05) is 13.1 Å². The quantitative estimate of drug-likeness (QED) is 0.0289. The number of rotatable bonds is 25. The Kier molecular flexibility index (Phi) is 23.8. The maximum Gasteiger partial charge on any atom is 0.408 e. The van der Waals surface area contributed by atoms with Crippen molar-refractivity contribution in [2.75, 3.05) is 26.7 Å². The molecule has 21 nitrogen and oxygen atoms in total. The lowest BCUT2D eigenvalue weighted by Gasteiger charge is -2.26. The van der Waals surface area contributed by atoms with Crippen molar-refractivity contribution in [3.63, 3.8) is 0 Å². The van der Waals surface area contributed by atoms with Gasteiger partial charge in [0.1, 0.15) is 41.5 Å². The van der Waals surface area contributed by atoms with Gasteiger partial charge in [-0.15, -0.1) is 0 Å². The first-order valence-corrected chi connectivity index (χ1v) is 18.5. The van der Waals surface area contributed by atoms with Gasteiger partial charge in [-0.25, -0.2) is 19.2 Å². The van der Waals surface area contributed by atoms with E-state index >= 15 is 0 Å². The van der Waals surface area contributed by atoms with Crippen molar-refractivity contribution in [3.8, 4) is 0 Å². The van der Waals surface area contributed by atoms with Gasteiger partial charge >= 0.3 is 24.1 Å². The van der Waals surface area contributed by atoms with Crippen LogP contribution in [0, 0.1) is 0 Å². The highest BCUT2D eigenvalue weighted by atomic mass is 16.6. The number of aliphatic hydroxyl groups excluding tert-OH is 4. The molecule has 0 saturated carbocycles. The summed E-state index contributed by atoms with van der Waals surface area (Å²) in [4.78, 5) is 87.7. The number of aliphatic carboxylic acids is 1. The third-order valence-electron chi connectivity index (χ3n) is 7.71. The van der Waals surface area contributed by atoms with E-state index in [1.54, 1.807) is 41.5 Å². The normalized spacial score (nSPS) is 15.4. The molecule has 0 aliphatic carbocycles. The number of carboxylic acid groups (broad SMARTS) is 1. The van der Waals surface area contributed by atoms with Gasteiger partial charge in [0.25, 0.3) is 5.91 Å². The molecule has 56 heavy (non-hydrogen) atoms. The summed E-state index contributed by atoms with van der Waals surface area (Å²) in [6, 6.07) is -3.52. The van der Waals surface area contributed by atoms with Gasteiger partial charge in [-0.1, -0.05) is 0 Å². The molecule has 324 valence electrons. The summed E-state index contributed by atoms with van der Waals surface area (Å²) in [5, 5.41) is 60.4. The SMILES string of the molecule is COC(=O)[C@H](CCCCN)NC(=O)[C@H](CCCCNC(=O)OC(C)(C)C)NC(=O)C(CCCCNC(=O)[C@@H](O)[C@H](O)[C@H](O)[C@@H](O)C(=O)O)NC(=O)OC(C)(C)C. The first-order valence-electron chi connectivity index (χ1n) is 18.5. The summed E-state index contributed by atoms with van der Waals surface area (Å²) in [7, 11) is 1.17. The van der Waals surface area contributed by atoms with E-state index in [4.69, 9.17) is 25.1 Å². The minimum absolute atomic E-state index is 0.0480. The summed E-state index contributed by atoms with van der Waals surface area (Å²) < 4.78 is 15.4. The highest BCUT2D eigenvalue weighted by molar-refractivity contribution is 5.93. The van der Waals surface area contributed by atoms with Crippen LogP contribution in [0.15, 0.2) is 0 Å². The largest absolute Gasteiger partial charge is 0.479 e. The van der Waals surface area contributed by atoms with Crippen LogP contribution in [0.4, 0.5) is 9.59 Å². The highest BCUT2D eigenvalue weighted by Gasteiger charge is 2.37. The van der Waals surface area contributed by atoms with Gasteiger partial charge < -0.3 is 72.1 Å². The number of unbranched alkanes of at least 4 members (excludes halogenated alkanes) is 3. The first kappa shape index (κ1) is 51.7. The second kappa shape index (κ2) is 25.8. The predicted octanol–water partition coefficient (Wildman–Crippen LogP) is -1.34. The molecule has 0 fully saturated rings. The summed E-state index contributed by atoms with van der Waals surface area (Å²) in [5.74, 6) is -5.25. The molecule has 0 saturated heterocycles. The predicted molar refractivity (Wildman–Crippen MR) is 199 cm³/mol. The third kappa shape index (κ3) is 22.3. The number of nitrogens with one attached hydrogen (secondary N) is 5. The fourth-order valence-corrected chi connectivity index (χ4v) is 4.86. The third-order valence-corrected chi connectivity index (χ3v) is 7.71. The Morgan fingerprint density at radius 2 is 1.00 bits per heavy atom. The van der Waals surface area contributed by atoms with E-state index in [0.717, 1.165) is 0 Å². The second-order valence-electron chi connectivity index (χ2n) is 15.0. The molecule has 5 amide bonds. The van der Waals surface area contributed by atoms with Gasteiger partial charge in [0.05, 0.1) is 7.11 Å². The maximum atomic E-state index is 13.7. The molecule has 0 aliphatic heterocycles. The monoisotopic (exact) mass is 808 g/mol. The van der Waals surface area contributed by atoms with Crippen LogP contribution < -0.4 is 32.3 Å². The van der Waals surface area contributed by atoms with Crippen LogP contribution in [0.1, 0.15) is 99.3 Å². The number of carbonyl (C=O) groups excluding carboxylic acids is 6. The highest BCUT2D eigenvalue weighted by Crippen LogP contribution is 2.12. The number of alkyl carbamates (subject to hydrolysis) is 2. The summed E-state index contributed by atoms with van der Waals surface area (Å²) >= 11 is 0. The zero-order chi connectivity index (χ0) is 43.2. The average molecular weight is 809 g/mol. The molecule has 21 heteroatoms. The van der Waals surface area contributed by atoms with E-state index in [-0.39, 0.29) is 45.2 Å². The van der Waals surface area contributed by atoms with Gasteiger partial charge in [-0.2, -0.15) is 0 Å². The molecule has 1 unspecified atom stereocenters. The van der Waals surface area contributed by atoms with E-state index in [9.17, 15) is 54.0 Å². The lowest BCUT2D eigenvalue weighted by Crippen LogP contribution is -2.56. The number of esters is 1. The Balaban J connectivity index is 5.88. The van der Waals surface area contributed by atoms with E-state index in [2.05, 4.69) is 26.6 Å². The van der Waals surface area contributed by atoms with Crippen molar-refractivity contribution in [1.82, 2.24) is 26.6 Å². The van der Waals surface area contributed by atoms with Gasteiger partial charge in [0.15, 0.2) is 12.2 Å². The molecule has 0 spiro atoms. The number of hydrogen-bond donors (Lipinski definition) is 11. The van der Waals surface area contributed by atoms with Gasteiger partial charge in [-0.3, -0.25) is 14.4 Å². The Bertz CT molecular complexity index is 1270. The fourth-order valence-electron chi connectivity index (χ4n) is 4.86. The molecule has 7 atom stereocenters. The number of aliphatic hydroxyl groups is 4. The van der Waals surface area contributed by atoms with Crippen LogP contribution in [0.25, 0.3) is 0 Å². The lowest BCUT2D eigenvalue weighted by molar-refractivity contribution is -0.166. The zero-order valence-electron chi connectivity index (χ0n) is 33.4. The lowest BCUT2D eigenvalue weighted by atomic mass is 10.0. The number of hydrogen-bond acceptors (Lipinski definition) is 15. The Hall–Kier alpha value is -4.31. The molecule has 0 aromatic rings. The molecule has 0 rings (SSSR count). The van der Waals surface area contributed by atoms with Crippen LogP contribution >= 0.6 is 0 Å². The number of ether oxygens (including phenoxy) is 3. The Morgan fingerprint density at radius 3 is 1.48 bits per heavy atom. The Labute approximate surface area is 327 Å². The van der Waals surface area contributed by atoms with Crippen molar-refractivity contribution >= 4 is 41.8 Å². The molecule has 0 aromatic carbocycles. The van der Waals surface area contributed by atoms with Crippen molar-refractivity contribution in [1.29, 1.82) is 0 Å². The smallest absolute Gasteiger partial charge is 0.408 e. The van der Waals surface area contributed by atoms with E-state index < -0.39 is 95.6 Å². The van der Waals surface area contributed by atoms with Gasteiger partial charge in [-0.05, 0) is 106 Å². The first-order chi connectivity index (χ1) is 25.9. The fraction of sp³-hybridized carbons (Fsp3) is 0.800. The number of methoxy groups -OCH3 is 1. The molecule has 0 radical (unpaired) electrons. The summed E-state index contributed by atoms with van der Waals surface area (Å²) in [5.41, 5.74) is 3.93. The average Bonchev–Trinajstić information content (AvgIpc) is 3.09. The van der Waals surface area contributed by atoms with Crippen LogP contribution in [0.2, 0.25) is 0 Å². The second-order valence-corrected chi connectivity index (χ2v) is 15.0. The minimum Gasteiger partial charge on any atom is -0.479 e. The van der Waals surface area contributed by atoms with Crippen LogP contribution in [0.5, 0.6) is 0 Å². The molecule has 0 heterocycles. The number of carbonyl (C=O) groups is 7. The van der Waals surface area contributed by atoms with Crippen molar-refractivity contribution < 1.29 is 73.3 Å². The number of carboxylic acids is 1. The molecular formula is C35H64N6O15. The maximum absolute atomic E-state index is 13.7. The van der Waals surface area contributed by atoms with Crippen LogP contribution in [-0.4, -0.2) is 148 Å². The van der Waals surface area contributed by atoms with Crippen LogP contribution in [-0.2, 0) is 38.2 Å². The molecule has 12 N–H and O–H groups in total. The van der Waals surface area contributed by atoms with Crippen molar-refractivity contribution in [3.05, 3.63) is 0 Å². The van der Waals surface area contributed by atoms with Crippen molar-refractivity contribution in [2.24, 2.45) is 5.73 Å². The minimum atomic E-state index is -2.46. The Morgan fingerprint density at radius 1 is 0.571 bits per heavy atom. The van der Waals surface area contributed by atoms with E-state index in [1.807, 2.05) is 0 Å². The number of amides is 5. The molecule has 0 aliphatic rings. The molecule has 0 bridgehead atoms. The standard InChI is InChI=1S/C35H64N6O15/c1-34(2,3)55-32(52)38-19-13-10-14-20(27(46)40-22(31(51)54-7)16-8-11-17-36)39-28(47)21(41-33(53)56-35(4,5)6)15-9-12-18-37-29(48)25(44)23(42)24(43)26(45)30(49)50/h20-26,42-45H,8-19,36H2,1-7H3,(H,37,48)(H,38,52)(H,39,47)(H,40,46)(H,41,53)(H,49,50)/t20-,21?,22-,23+,24-,25-,26+/m0/s1. The van der Waals surface area contributed by atoms with Crippen molar-refractivity contribution in [2.45, 2.75) is 153 Å². The topological polar surface area (TPSA) is 334 Å². The number of nitrogens with two attached hydrogens (primary N) is 1. The van der Waals surface area contributed by atoms with E-state index in [0.29, 0.717) is 32.2 Å². The van der Waals surface area contributed by atoms with Gasteiger partial charge in [0.2, 0.25) is 11.8 Å². The molecular weight excluding hydrogens is 744 g/mol. The summed E-state index contributed by atoms with van der Waals surface area (Å²) in [6.45, 7) is 10.4.